The monoisotopic (exact) mass is 234 g/mol. The number of fused-ring (bicyclic) bond motifs is 3. The van der Waals surface area contributed by atoms with Crippen LogP contribution in [0.3, 0.4) is 0 Å². The lowest BCUT2D eigenvalue weighted by atomic mass is 10.0. The molecule has 2 N–H and O–H groups in total. The van der Waals surface area contributed by atoms with Crippen molar-refractivity contribution in [2.75, 3.05) is 0 Å². The highest BCUT2D eigenvalue weighted by Gasteiger charge is 2.19. The van der Waals surface area contributed by atoms with E-state index in [2.05, 4.69) is 30.2 Å². The molecule has 0 saturated heterocycles. The third-order valence-electron chi connectivity index (χ3n) is 3.50. The van der Waals surface area contributed by atoms with Gasteiger partial charge in [-0.05, 0) is 31.0 Å². The van der Waals surface area contributed by atoms with Crippen LogP contribution < -0.4 is 5.32 Å². The fourth-order valence-electron chi connectivity index (χ4n) is 2.52. The molecule has 2 heterocycles. The first-order chi connectivity index (χ1) is 7.66. The molecular weight excluding hydrogens is 220 g/mol. The van der Waals surface area contributed by atoms with Crippen LogP contribution in [-0.4, -0.2) is 11.0 Å². The fourth-order valence-corrected chi connectivity index (χ4v) is 2.68. The number of hydrogen-bond donors (Lipinski definition) is 2. The lowest BCUT2D eigenvalue weighted by Gasteiger charge is -2.20. The maximum atomic E-state index is 6.14. The number of rotatable bonds is 0. The van der Waals surface area contributed by atoms with Crippen LogP contribution in [0, 0.1) is 6.92 Å². The van der Waals surface area contributed by atoms with E-state index >= 15 is 0 Å². The van der Waals surface area contributed by atoms with Gasteiger partial charge in [0.1, 0.15) is 0 Å². The standard InChI is InChI=1S/C13H15ClN2/c1-7-5-12-10(6-15-7)9-3-4-11(14)8(2)13(9)16-12/h3-4,7,15-16H,5-6H2,1-2H3. The lowest BCUT2D eigenvalue weighted by Crippen LogP contribution is -2.32. The highest BCUT2D eigenvalue weighted by atomic mass is 35.5. The Morgan fingerprint density at radius 2 is 2.19 bits per heavy atom. The van der Waals surface area contributed by atoms with E-state index in [0.29, 0.717) is 6.04 Å². The summed E-state index contributed by atoms with van der Waals surface area (Å²) in [6.07, 6.45) is 1.07. The quantitative estimate of drug-likeness (QED) is 0.720. The third-order valence-corrected chi connectivity index (χ3v) is 3.91. The summed E-state index contributed by atoms with van der Waals surface area (Å²) in [7, 11) is 0. The van der Waals surface area contributed by atoms with Gasteiger partial charge >= 0.3 is 0 Å². The molecule has 16 heavy (non-hydrogen) atoms. The topological polar surface area (TPSA) is 27.8 Å². The number of aromatic nitrogens is 1. The van der Waals surface area contributed by atoms with E-state index < -0.39 is 0 Å². The predicted octanol–water partition coefficient (Wildman–Crippen LogP) is 3.16. The zero-order chi connectivity index (χ0) is 11.3. The highest BCUT2D eigenvalue weighted by Crippen LogP contribution is 2.31. The molecule has 1 aromatic carbocycles. The van der Waals surface area contributed by atoms with Gasteiger partial charge in [0.15, 0.2) is 0 Å². The van der Waals surface area contributed by atoms with Crippen molar-refractivity contribution in [2.45, 2.75) is 32.9 Å². The van der Waals surface area contributed by atoms with Gasteiger partial charge in [-0.25, -0.2) is 0 Å². The molecule has 0 saturated carbocycles. The molecule has 3 rings (SSSR count). The summed E-state index contributed by atoms with van der Waals surface area (Å²) in [6.45, 7) is 5.25. The van der Waals surface area contributed by atoms with Crippen molar-refractivity contribution in [3.63, 3.8) is 0 Å². The Morgan fingerprint density at radius 3 is 3.00 bits per heavy atom. The maximum Gasteiger partial charge on any atom is 0.0504 e. The Hall–Kier alpha value is -0.990. The minimum Gasteiger partial charge on any atom is -0.358 e. The number of benzene rings is 1. The summed E-state index contributed by atoms with van der Waals surface area (Å²) in [5, 5.41) is 5.65. The van der Waals surface area contributed by atoms with Crippen molar-refractivity contribution >= 4 is 22.5 Å². The van der Waals surface area contributed by atoms with Gasteiger partial charge in [-0.1, -0.05) is 17.7 Å². The molecule has 1 aliphatic heterocycles. The van der Waals surface area contributed by atoms with Crippen molar-refractivity contribution in [3.05, 3.63) is 34.0 Å². The van der Waals surface area contributed by atoms with Crippen LogP contribution in [-0.2, 0) is 13.0 Å². The zero-order valence-corrected chi connectivity index (χ0v) is 10.3. The molecule has 2 nitrogen and oxygen atoms in total. The molecule has 0 bridgehead atoms. The first-order valence-corrected chi connectivity index (χ1v) is 6.06. The van der Waals surface area contributed by atoms with Crippen molar-refractivity contribution in [2.24, 2.45) is 0 Å². The molecule has 3 heteroatoms. The largest absolute Gasteiger partial charge is 0.358 e. The van der Waals surface area contributed by atoms with Gasteiger partial charge in [0.2, 0.25) is 0 Å². The van der Waals surface area contributed by atoms with Gasteiger partial charge in [-0.15, -0.1) is 0 Å². The normalized spacial score (nSPS) is 20.1. The Balaban J connectivity index is 2.28. The third kappa shape index (κ3) is 1.37. The van der Waals surface area contributed by atoms with Crippen LogP contribution in [0.15, 0.2) is 12.1 Å². The molecule has 1 atom stereocenters. The number of aryl methyl sites for hydroxylation is 1. The Bertz CT molecular complexity index is 557. The molecule has 2 aromatic rings. The van der Waals surface area contributed by atoms with Crippen LogP contribution in [0.1, 0.15) is 23.7 Å². The smallest absolute Gasteiger partial charge is 0.0504 e. The van der Waals surface area contributed by atoms with Gasteiger partial charge in [-0.3, -0.25) is 0 Å². The summed E-state index contributed by atoms with van der Waals surface area (Å²) in [6, 6.07) is 4.67. The van der Waals surface area contributed by atoms with E-state index in [-0.39, 0.29) is 0 Å². The van der Waals surface area contributed by atoms with Crippen molar-refractivity contribution < 1.29 is 0 Å². The predicted molar refractivity (Wildman–Crippen MR) is 68.1 cm³/mol. The Kier molecular flexibility index (Phi) is 2.23. The minimum absolute atomic E-state index is 0.552. The molecule has 0 aliphatic carbocycles. The first kappa shape index (κ1) is 10.2. The number of nitrogens with one attached hydrogen (secondary N) is 2. The second kappa shape index (κ2) is 3.51. The number of halogens is 1. The van der Waals surface area contributed by atoms with Gasteiger partial charge in [0, 0.05) is 35.1 Å². The van der Waals surface area contributed by atoms with E-state index in [4.69, 9.17) is 11.6 Å². The number of aromatic amines is 1. The maximum absolute atomic E-state index is 6.14. The number of hydrogen-bond acceptors (Lipinski definition) is 1. The average molecular weight is 235 g/mol. The first-order valence-electron chi connectivity index (χ1n) is 5.68. The molecular formula is C13H15ClN2. The summed E-state index contributed by atoms with van der Waals surface area (Å²) in [5.41, 5.74) is 5.13. The van der Waals surface area contributed by atoms with Gasteiger partial charge in [0.25, 0.3) is 0 Å². The zero-order valence-electron chi connectivity index (χ0n) is 9.52. The van der Waals surface area contributed by atoms with E-state index in [0.717, 1.165) is 23.6 Å². The Labute approximate surface area is 100.0 Å². The van der Waals surface area contributed by atoms with Crippen LogP contribution in [0.2, 0.25) is 5.02 Å². The SMILES string of the molecule is Cc1c(Cl)ccc2c3c([nH]c12)CC(C)NC3. The Morgan fingerprint density at radius 1 is 1.38 bits per heavy atom. The molecule has 84 valence electrons. The summed E-state index contributed by atoms with van der Waals surface area (Å²) in [5.74, 6) is 0. The van der Waals surface area contributed by atoms with Gasteiger partial charge in [0.05, 0.1) is 5.52 Å². The lowest BCUT2D eigenvalue weighted by molar-refractivity contribution is 0.511. The summed E-state index contributed by atoms with van der Waals surface area (Å²) >= 11 is 6.14. The second-order valence-electron chi connectivity index (χ2n) is 4.66. The molecule has 0 amide bonds. The molecule has 0 fully saturated rings. The average Bonchev–Trinajstić information content (AvgIpc) is 2.62. The van der Waals surface area contributed by atoms with Crippen molar-refractivity contribution in [3.8, 4) is 0 Å². The second-order valence-corrected chi connectivity index (χ2v) is 5.07. The van der Waals surface area contributed by atoms with E-state index in [1.165, 1.54) is 22.2 Å². The molecule has 0 radical (unpaired) electrons. The van der Waals surface area contributed by atoms with E-state index in [9.17, 15) is 0 Å². The summed E-state index contributed by atoms with van der Waals surface area (Å²) in [4.78, 5) is 3.53. The fraction of sp³-hybridized carbons (Fsp3) is 0.385. The molecule has 1 unspecified atom stereocenters. The van der Waals surface area contributed by atoms with Crippen molar-refractivity contribution in [1.29, 1.82) is 0 Å². The molecule has 1 aromatic heterocycles. The van der Waals surface area contributed by atoms with E-state index in [1.54, 1.807) is 0 Å². The van der Waals surface area contributed by atoms with Gasteiger partial charge < -0.3 is 10.3 Å². The highest BCUT2D eigenvalue weighted by molar-refractivity contribution is 6.32. The molecule has 0 spiro atoms. The van der Waals surface area contributed by atoms with Crippen LogP contribution >= 0.6 is 11.6 Å². The molecule has 1 aliphatic rings. The summed E-state index contributed by atoms with van der Waals surface area (Å²) < 4.78 is 0. The van der Waals surface area contributed by atoms with E-state index in [1.807, 2.05) is 6.07 Å². The minimum atomic E-state index is 0.552. The van der Waals surface area contributed by atoms with Crippen LogP contribution in [0.5, 0.6) is 0 Å². The van der Waals surface area contributed by atoms with Crippen molar-refractivity contribution in [1.82, 2.24) is 10.3 Å². The van der Waals surface area contributed by atoms with Gasteiger partial charge in [-0.2, -0.15) is 0 Å². The number of H-pyrrole nitrogens is 1. The van der Waals surface area contributed by atoms with Crippen LogP contribution in [0.25, 0.3) is 10.9 Å². The van der Waals surface area contributed by atoms with Crippen LogP contribution in [0.4, 0.5) is 0 Å².